The maximum Gasteiger partial charge on any atom is 0.387 e. The van der Waals surface area contributed by atoms with Crippen molar-refractivity contribution >= 4 is 5.91 Å². The first-order chi connectivity index (χ1) is 17.5. The molecule has 0 aliphatic rings. The average molecular weight is 491 g/mol. The molecule has 0 unspecified atom stereocenters. The van der Waals surface area contributed by atoms with Crippen LogP contribution < -0.4 is 10.1 Å². The molecule has 0 aliphatic heterocycles. The number of aryl methyl sites for hydroxylation is 2. The van der Waals surface area contributed by atoms with Crippen LogP contribution in [0.1, 0.15) is 41.5 Å². The van der Waals surface area contributed by atoms with E-state index in [1.54, 1.807) is 35.0 Å². The monoisotopic (exact) mass is 490 g/mol. The SMILES string of the molecule is CCc1nc(-c2ccc(OC(F)F)cc2)n(-c2cccc(C(=O)NCCCCc3ccccc3)c2)n1. The van der Waals surface area contributed by atoms with Gasteiger partial charge >= 0.3 is 6.61 Å². The lowest BCUT2D eigenvalue weighted by molar-refractivity contribution is -0.0498. The molecule has 1 N–H and O–H groups in total. The third-order valence-corrected chi connectivity index (χ3v) is 5.68. The fourth-order valence-corrected chi connectivity index (χ4v) is 3.84. The van der Waals surface area contributed by atoms with Gasteiger partial charge in [-0.2, -0.15) is 13.9 Å². The Morgan fingerprint density at radius 3 is 2.50 bits per heavy atom. The van der Waals surface area contributed by atoms with Gasteiger partial charge in [-0.15, -0.1) is 0 Å². The first kappa shape index (κ1) is 25.0. The first-order valence-electron chi connectivity index (χ1n) is 12.0. The number of nitrogens with zero attached hydrogens (tertiary/aromatic N) is 3. The standard InChI is InChI=1S/C28H28F2N4O2/c1-2-25-32-26(21-14-16-24(17-15-21)36-28(29)30)34(33-25)23-13-8-12-22(19-23)27(35)31-18-7-6-11-20-9-4-3-5-10-20/h3-5,8-10,12-17,19,28H,2,6-7,11,18H2,1H3,(H,31,35). The van der Waals surface area contributed by atoms with Gasteiger partial charge in [-0.3, -0.25) is 4.79 Å². The fraction of sp³-hybridized carbons (Fsp3) is 0.250. The van der Waals surface area contributed by atoms with Crippen molar-refractivity contribution in [2.75, 3.05) is 6.54 Å². The molecule has 0 spiro atoms. The summed E-state index contributed by atoms with van der Waals surface area (Å²) in [5, 5.41) is 7.57. The van der Waals surface area contributed by atoms with Gasteiger partial charge in [0.05, 0.1) is 5.69 Å². The van der Waals surface area contributed by atoms with Crippen LogP contribution in [0.5, 0.6) is 5.75 Å². The van der Waals surface area contributed by atoms with E-state index in [-0.39, 0.29) is 11.7 Å². The number of ether oxygens (including phenoxy) is 1. The molecule has 0 bridgehead atoms. The van der Waals surface area contributed by atoms with E-state index in [2.05, 4.69) is 32.3 Å². The molecule has 0 saturated carbocycles. The quantitative estimate of drug-likeness (QED) is 0.268. The van der Waals surface area contributed by atoms with Crippen LogP contribution in [0.15, 0.2) is 78.9 Å². The van der Waals surface area contributed by atoms with Crippen molar-refractivity contribution in [2.24, 2.45) is 0 Å². The maximum atomic E-state index is 12.8. The zero-order valence-corrected chi connectivity index (χ0v) is 20.0. The number of unbranched alkanes of at least 4 members (excludes halogenated alkanes) is 1. The van der Waals surface area contributed by atoms with Crippen molar-refractivity contribution < 1.29 is 18.3 Å². The van der Waals surface area contributed by atoms with Crippen LogP contribution in [0.25, 0.3) is 17.1 Å². The Balaban J connectivity index is 1.44. The highest BCUT2D eigenvalue weighted by Crippen LogP contribution is 2.25. The number of nitrogens with one attached hydrogen (secondary N) is 1. The maximum absolute atomic E-state index is 12.8. The molecule has 1 aromatic heterocycles. The summed E-state index contributed by atoms with van der Waals surface area (Å²) in [5.74, 6) is 1.10. The van der Waals surface area contributed by atoms with Crippen molar-refractivity contribution in [1.82, 2.24) is 20.1 Å². The minimum absolute atomic E-state index is 0.0676. The van der Waals surface area contributed by atoms with Crippen molar-refractivity contribution in [1.29, 1.82) is 0 Å². The molecule has 0 aliphatic carbocycles. The summed E-state index contributed by atoms with van der Waals surface area (Å²) in [7, 11) is 0. The second-order valence-electron chi connectivity index (χ2n) is 8.27. The zero-order chi connectivity index (χ0) is 25.3. The average Bonchev–Trinajstić information content (AvgIpc) is 3.34. The second-order valence-corrected chi connectivity index (χ2v) is 8.27. The molecule has 0 radical (unpaired) electrons. The summed E-state index contributed by atoms with van der Waals surface area (Å²) in [6.07, 6.45) is 3.48. The van der Waals surface area contributed by atoms with Gasteiger partial charge in [-0.1, -0.05) is 43.3 Å². The number of carbonyl (C=O) groups excluding carboxylic acids is 1. The van der Waals surface area contributed by atoms with Gasteiger partial charge in [0, 0.05) is 24.1 Å². The lowest BCUT2D eigenvalue weighted by atomic mass is 10.1. The summed E-state index contributed by atoms with van der Waals surface area (Å²) in [4.78, 5) is 17.4. The lowest BCUT2D eigenvalue weighted by Gasteiger charge is -2.10. The molecule has 1 heterocycles. The highest BCUT2D eigenvalue weighted by Gasteiger charge is 2.15. The molecule has 4 rings (SSSR count). The van der Waals surface area contributed by atoms with Crippen LogP contribution >= 0.6 is 0 Å². The summed E-state index contributed by atoms with van der Waals surface area (Å²) in [6, 6.07) is 23.7. The van der Waals surface area contributed by atoms with Gasteiger partial charge in [-0.05, 0) is 67.3 Å². The van der Waals surface area contributed by atoms with Crippen LogP contribution in [-0.4, -0.2) is 33.8 Å². The zero-order valence-electron chi connectivity index (χ0n) is 20.0. The van der Waals surface area contributed by atoms with Gasteiger partial charge in [0.25, 0.3) is 5.91 Å². The molecule has 0 atom stereocenters. The van der Waals surface area contributed by atoms with Crippen molar-refractivity contribution in [2.45, 2.75) is 39.2 Å². The summed E-state index contributed by atoms with van der Waals surface area (Å²) in [5.41, 5.74) is 3.19. The Bertz CT molecular complexity index is 1270. The number of hydrogen-bond acceptors (Lipinski definition) is 4. The number of halogens is 2. The molecular weight excluding hydrogens is 462 g/mol. The lowest BCUT2D eigenvalue weighted by Crippen LogP contribution is -2.24. The van der Waals surface area contributed by atoms with Gasteiger partial charge < -0.3 is 10.1 Å². The second kappa shape index (κ2) is 12.1. The van der Waals surface area contributed by atoms with Crippen LogP contribution in [0.2, 0.25) is 0 Å². The van der Waals surface area contributed by atoms with Gasteiger partial charge in [0.2, 0.25) is 0 Å². The Morgan fingerprint density at radius 2 is 1.78 bits per heavy atom. The normalized spacial score (nSPS) is 11.0. The number of carbonyl (C=O) groups is 1. The third kappa shape index (κ3) is 6.53. The number of amides is 1. The third-order valence-electron chi connectivity index (χ3n) is 5.68. The largest absolute Gasteiger partial charge is 0.435 e. The Hall–Kier alpha value is -4.07. The smallest absolute Gasteiger partial charge is 0.387 e. The Morgan fingerprint density at radius 1 is 1.00 bits per heavy atom. The number of aromatic nitrogens is 3. The van der Waals surface area contributed by atoms with E-state index in [1.165, 1.54) is 17.7 Å². The molecule has 186 valence electrons. The van der Waals surface area contributed by atoms with Crippen LogP contribution in [0.4, 0.5) is 8.78 Å². The van der Waals surface area contributed by atoms with E-state index in [0.29, 0.717) is 41.4 Å². The van der Waals surface area contributed by atoms with E-state index in [0.717, 1.165) is 19.3 Å². The highest BCUT2D eigenvalue weighted by molar-refractivity contribution is 5.94. The molecular formula is C28H28F2N4O2. The van der Waals surface area contributed by atoms with Gasteiger partial charge in [0.15, 0.2) is 11.6 Å². The van der Waals surface area contributed by atoms with Gasteiger partial charge in [-0.25, -0.2) is 9.67 Å². The van der Waals surface area contributed by atoms with E-state index in [9.17, 15) is 13.6 Å². The summed E-state index contributed by atoms with van der Waals surface area (Å²) >= 11 is 0. The van der Waals surface area contributed by atoms with Crippen molar-refractivity contribution in [3.8, 4) is 22.8 Å². The molecule has 0 saturated heterocycles. The number of benzene rings is 3. The summed E-state index contributed by atoms with van der Waals surface area (Å²) < 4.78 is 31.1. The molecule has 6 nitrogen and oxygen atoms in total. The summed E-state index contributed by atoms with van der Waals surface area (Å²) in [6.45, 7) is -0.341. The number of alkyl halides is 2. The molecule has 36 heavy (non-hydrogen) atoms. The molecule has 8 heteroatoms. The minimum atomic E-state index is -2.89. The molecule has 0 fully saturated rings. The van der Waals surface area contributed by atoms with E-state index < -0.39 is 6.61 Å². The van der Waals surface area contributed by atoms with E-state index in [1.807, 2.05) is 31.2 Å². The van der Waals surface area contributed by atoms with E-state index in [4.69, 9.17) is 0 Å². The van der Waals surface area contributed by atoms with Gasteiger partial charge in [0.1, 0.15) is 5.75 Å². The van der Waals surface area contributed by atoms with E-state index >= 15 is 0 Å². The predicted molar refractivity (Wildman–Crippen MR) is 135 cm³/mol. The minimum Gasteiger partial charge on any atom is -0.435 e. The van der Waals surface area contributed by atoms with Crippen LogP contribution in [0, 0.1) is 0 Å². The predicted octanol–water partition coefficient (Wildman–Crippen LogP) is 5.85. The number of rotatable bonds is 11. The van der Waals surface area contributed by atoms with Crippen LogP contribution in [0.3, 0.4) is 0 Å². The van der Waals surface area contributed by atoms with Crippen molar-refractivity contribution in [3.05, 3.63) is 95.8 Å². The number of hydrogen-bond donors (Lipinski definition) is 1. The Kier molecular flexibility index (Phi) is 8.39. The molecule has 4 aromatic rings. The topological polar surface area (TPSA) is 69.0 Å². The van der Waals surface area contributed by atoms with Crippen molar-refractivity contribution in [3.63, 3.8) is 0 Å². The molecule has 3 aromatic carbocycles. The Labute approximate surface area is 209 Å². The fourth-order valence-electron chi connectivity index (χ4n) is 3.84. The first-order valence-corrected chi connectivity index (χ1v) is 12.0. The molecule has 1 amide bonds. The van der Waals surface area contributed by atoms with Crippen LogP contribution in [-0.2, 0) is 12.8 Å². The highest BCUT2D eigenvalue weighted by atomic mass is 19.3.